The van der Waals surface area contributed by atoms with Crippen LogP contribution in [0.2, 0.25) is 0 Å². The summed E-state index contributed by atoms with van der Waals surface area (Å²) in [6.45, 7) is 0. The molecular weight excluding hydrogens is 240 g/mol. The zero-order valence-corrected chi connectivity index (χ0v) is 11.3. The van der Waals surface area contributed by atoms with Gasteiger partial charge in [-0.05, 0) is 49.6 Å². The van der Waals surface area contributed by atoms with Gasteiger partial charge in [-0.1, -0.05) is 12.1 Å². The molecule has 1 aromatic heterocycles. The highest BCUT2D eigenvalue weighted by molar-refractivity contribution is 7.16. The van der Waals surface area contributed by atoms with Crippen LogP contribution in [0.4, 0.5) is 0 Å². The van der Waals surface area contributed by atoms with E-state index in [4.69, 9.17) is 0 Å². The average molecular weight is 256 g/mol. The maximum absolute atomic E-state index is 4.42. The van der Waals surface area contributed by atoms with Gasteiger partial charge in [0.15, 0.2) is 0 Å². The number of hydrogen-bond donors (Lipinski definition) is 0. The molecule has 1 saturated heterocycles. The van der Waals surface area contributed by atoms with Gasteiger partial charge in [-0.3, -0.25) is 4.90 Å². The smallest absolute Gasteiger partial charge is 0.0818 e. The van der Waals surface area contributed by atoms with Gasteiger partial charge in [0.1, 0.15) is 0 Å². The summed E-state index contributed by atoms with van der Waals surface area (Å²) in [5.41, 5.74) is 5.97. The third kappa shape index (κ3) is 1.54. The number of hydrogen-bond acceptors (Lipinski definition) is 3. The second-order valence-electron chi connectivity index (χ2n) is 5.39. The van der Waals surface area contributed by atoms with Crippen LogP contribution in [-0.4, -0.2) is 29.0 Å². The van der Waals surface area contributed by atoms with E-state index < -0.39 is 0 Å². The van der Waals surface area contributed by atoms with Crippen molar-refractivity contribution in [1.29, 1.82) is 0 Å². The molecule has 2 bridgehead atoms. The number of rotatable bonds is 1. The highest BCUT2D eigenvalue weighted by Gasteiger charge is 2.33. The van der Waals surface area contributed by atoms with E-state index >= 15 is 0 Å². The zero-order valence-electron chi connectivity index (χ0n) is 10.5. The van der Waals surface area contributed by atoms with E-state index in [0.717, 1.165) is 11.6 Å². The Morgan fingerprint density at radius 1 is 1.33 bits per heavy atom. The fourth-order valence-electron chi connectivity index (χ4n) is 3.31. The lowest BCUT2D eigenvalue weighted by atomic mass is 9.95. The summed E-state index contributed by atoms with van der Waals surface area (Å²) < 4.78 is 1.29. The van der Waals surface area contributed by atoms with Gasteiger partial charge < -0.3 is 0 Å². The molecule has 2 atom stereocenters. The van der Waals surface area contributed by atoms with Crippen LogP contribution in [-0.2, 0) is 0 Å². The van der Waals surface area contributed by atoms with Crippen LogP contribution in [0, 0.1) is 0 Å². The normalized spacial score (nSPS) is 27.7. The van der Waals surface area contributed by atoms with Crippen LogP contribution in [0.5, 0.6) is 0 Å². The van der Waals surface area contributed by atoms with Crippen LogP contribution >= 0.6 is 11.3 Å². The molecule has 1 fully saturated rings. The number of benzene rings is 1. The van der Waals surface area contributed by atoms with E-state index in [1.807, 2.05) is 5.51 Å². The molecule has 4 rings (SSSR count). The average Bonchev–Trinajstić information content (AvgIpc) is 2.90. The van der Waals surface area contributed by atoms with Gasteiger partial charge in [0.2, 0.25) is 0 Å². The monoisotopic (exact) mass is 256 g/mol. The molecule has 2 aliphatic heterocycles. The minimum absolute atomic E-state index is 0.657. The molecule has 2 aliphatic rings. The van der Waals surface area contributed by atoms with Crippen LogP contribution in [0.1, 0.15) is 24.8 Å². The maximum atomic E-state index is 4.42. The van der Waals surface area contributed by atoms with Crippen molar-refractivity contribution in [2.45, 2.75) is 31.3 Å². The predicted octanol–water partition coefficient (Wildman–Crippen LogP) is 3.55. The summed E-state index contributed by atoms with van der Waals surface area (Å²) >= 11 is 1.72. The summed E-state index contributed by atoms with van der Waals surface area (Å²) in [5, 5.41) is 0. The maximum Gasteiger partial charge on any atom is 0.0818 e. The fourth-order valence-corrected chi connectivity index (χ4v) is 3.97. The largest absolute Gasteiger partial charge is 0.297 e. The van der Waals surface area contributed by atoms with Crippen molar-refractivity contribution in [2.75, 3.05) is 7.05 Å². The van der Waals surface area contributed by atoms with Crippen molar-refractivity contribution in [3.63, 3.8) is 0 Å². The van der Waals surface area contributed by atoms with Crippen molar-refractivity contribution in [2.24, 2.45) is 0 Å². The summed E-state index contributed by atoms with van der Waals surface area (Å²) in [6, 6.07) is 8.13. The standard InChI is InChI=1S/C15H16N2S/c1-17-12-3-4-13(17)7-11(6-12)10-2-5-15-14(8-10)16-9-18-15/h2,5-6,8-9,12-13H,3-4,7H2,1H3. The van der Waals surface area contributed by atoms with E-state index in [0.29, 0.717) is 6.04 Å². The Kier molecular flexibility index (Phi) is 2.32. The molecule has 0 saturated carbocycles. The second-order valence-corrected chi connectivity index (χ2v) is 6.28. The summed E-state index contributed by atoms with van der Waals surface area (Å²) in [7, 11) is 2.26. The van der Waals surface area contributed by atoms with Gasteiger partial charge in [-0.2, -0.15) is 0 Å². The first-order chi connectivity index (χ1) is 8.81. The fraction of sp³-hybridized carbons (Fsp3) is 0.400. The number of likely N-dealkylation sites (N-methyl/N-ethyl adjacent to an activating group) is 1. The van der Waals surface area contributed by atoms with Crippen molar-refractivity contribution in [1.82, 2.24) is 9.88 Å². The van der Waals surface area contributed by atoms with Gasteiger partial charge >= 0.3 is 0 Å². The lowest BCUT2D eigenvalue weighted by Gasteiger charge is -2.30. The summed E-state index contributed by atoms with van der Waals surface area (Å²) in [6.07, 6.45) is 6.34. The van der Waals surface area contributed by atoms with Crippen molar-refractivity contribution >= 4 is 27.1 Å². The molecule has 0 N–H and O–H groups in total. The second kappa shape index (κ2) is 3.90. The summed E-state index contributed by atoms with van der Waals surface area (Å²) in [5.74, 6) is 0. The Morgan fingerprint density at radius 2 is 2.28 bits per heavy atom. The first-order valence-corrected chi connectivity index (χ1v) is 7.45. The van der Waals surface area contributed by atoms with Gasteiger partial charge in [-0.25, -0.2) is 4.98 Å². The van der Waals surface area contributed by atoms with Crippen LogP contribution < -0.4 is 0 Å². The molecule has 1 aromatic carbocycles. The molecule has 2 unspecified atom stereocenters. The lowest BCUT2D eigenvalue weighted by Crippen LogP contribution is -2.34. The molecule has 92 valence electrons. The van der Waals surface area contributed by atoms with Gasteiger partial charge in [0, 0.05) is 12.1 Å². The minimum Gasteiger partial charge on any atom is -0.297 e. The first-order valence-electron chi connectivity index (χ1n) is 6.57. The Labute approximate surface area is 111 Å². The predicted molar refractivity (Wildman–Crippen MR) is 76.8 cm³/mol. The highest BCUT2D eigenvalue weighted by Crippen LogP contribution is 2.38. The molecule has 0 spiro atoms. The van der Waals surface area contributed by atoms with E-state index in [2.05, 4.69) is 41.2 Å². The van der Waals surface area contributed by atoms with Gasteiger partial charge in [0.05, 0.1) is 15.7 Å². The van der Waals surface area contributed by atoms with Crippen molar-refractivity contribution < 1.29 is 0 Å². The third-order valence-electron chi connectivity index (χ3n) is 4.45. The zero-order chi connectivity index (χ0) is 12.1. The van der Waals surface area contributed by atoms with Crippen LogP contribution in [0.15, 0.2) is 29.8 Å². The third-order valence-corrected chi connectivity index (χ3v) is 5.26. The Bertz CT molecular complexity index is 628. The van der Waals surface area contributed by atoms with E-state index in [1.54, 1.807) is 11.3 Å². The molecule has 2 nitrogen and oxygen atoms in total. The Hall–Kier alpha value is -1.19. The van der Waals surface area contributed by atoms with E-state index in [-0.39, 0.29) is 0 Å². The molecule has 2 aromatic rings. The SMILES string of the molecule is CN1C2C=C(c3ccc4scnc4c3)CC1CC2. The summed E-state index contributed by atoms with van der Waals surface area (Å²) in [4.78, 5) is 6.96. The number of nitrogens with zero attached hydrogens (tertiary/aromatic N) is 2. The lowest BCUT2D eigenvalue weighted by molar-refractivity contribution is 0.264. The van der Waals surface area contributed by atoms with Gasteiger partial charge in [-0.15, -0.1) is 11.3 Å². The number of aromatic nitrogens is 1. The van der Waals surface area contributed by atoms with Crippen molar-refractivity contribution in [3.8, 4) is 0 Å². The topological polar surface area (TPSA) is 16.1 Å². The Balaban J connectivity index is 1.76. The molecule has 3 heteroatoms. The molecule has 0 radical (unpaired) electrons. The minimum atomic E-state index is 0.657. The molecule has 0 amide bonds. The van der Waals surface area contributed by atoms with E-state index in [9.17, 15) is 0 Å². The quantitative estimate of drug-likeness (QED) is 0.775. The number of thiazole rings is 1. The number of fused-ring (bicyclic) bond motifs is 3. The Morgan fingerprint density at radius 3 is 3.17 bits per heavy atom. The van der Waals surface area contributed by atoms with E-state index in [1.165, 1.54) is 35.1 Å². The highest BCUT2D eigenvalue weighted by atomic mass is 32.1. The van der Waals surface area contributed by atoms with Crippen LogP contribution in [0.25, 0.3) is 15.8 Å². The van der Waals surface area contributed by atoms with Gasteiger partial charge in [0.25, 0.3) is 0 Å². The van der Waals surface area contributed by atoms with Crippen LogP contribution in [0.3, 0.4) is 0 Å². The first kappa shape index (κ1) is 10.7. The molecule has 18 heavy (non-hydrogen) atoms. The molecular formula is C15H16N2S. The molecule has 3 heterocycles. The molecule has 0 aliphatic carbocycles. The van der Waals surface area contributed by atoms with Crippen molar-refractivity contribution in [3.05, 3.63) is 35.3 Å².